The minimum Gasteiger partial charge on any atom is -0.394 e. The lowest BCUT2D eigenvalue weighted by atomic mass is 10.2. The van der Waals surface area contributed by atoms with Gasteiger partial charge in [0.1, 0.15) is 0 Å². The van der Waals surface area contributed by atoms with Gasteiger partial charge in [0, 0.05) is 18.8 Å². The third kappa shape index (κ3) is 4.18. The van der Waals surface area contributed by atoms with Crippen LogP contribution in [0.4, 0.5) is 5.69 Å². The van der Waals surface area contributed by atoms with Crippen molar-refractivity contribution >= 4 is 23.2 Å². The van der Waals surface area contributed by atoms with Gasteiger partial charge in [-0.15, -0.1) is 0 Å². The molecule has 1 rings (SSSR count). The predicted molar refractivity (Wildman–Crippen MR) is 71.0 cm³/mol. The van der Waals surface area contributed by atoms with Gasteiger partial charge in [-0.3, -0.25) is 4.79 Å². The van der Waals surface area contributed by atoms with Gasteiger partial charge in [-0.2, -0.15) is 0 Å². The second-order valence-corrected chi connectivity index (χ2v) is 4.18. The summed E-state index contributed by atoms with van der Waals surface area (Å²) in [6.45, 7) is 2.23. The first kappa shape index (κ1) is 14.8. The number of aliphatic hydroxyl groups is 2. The quantitative estimate of drug-likeness (QED) is 0.619. The highest BCUT2D eigenvalue weighted by atomic mass is 35.5. The van der Waals surface area contributed by atoms with Crippen molar-refractivity contribution in [2.75, 3.05) is 25.0 Å². The zero-order valence-corrected chi connectivity index (χ0v) is 10.9. The fourth-order valence-electron chi connectivity index (χ4n) is 1.37. The Kier molecular flexibility index (Phi) is 5.91. The lowest BCUT2D eigenvalue weighted by Gasteiger charge is -2.12. The van der Waals surface area contributed by atoms with Gasteiger partial charge in [-0.1, -0.05) is 11.6 Å². The van der Waals surface area contributed by atoms with Gasteiger partial charge in [0.25, 0.3) is 5.91 Å². The smallest absolute Gasteiger partial charge is 0.252 e. The molecule has 0 aromatic heterocycles. The summed E-state index contributed by atoms with van der Waals surface area (Å²) in [6.07, 6.45) is -0.839. The van der Waals surface area contributed by atoms with Crippen LogP contribution in [0.2, 0.25) is 5.02 Å². The highest BCUT2D eigenvalue weighted by Crippen LogP contribution is 2.20. The molecular formula is C12H17ClN2O3. The van der Waals surface area contributed by atoms with Gasteiger partial charge in [0.05, 0.1) is 23.3 Å². The van der Waals surface area contributed by atoms with E-state index >= 15 is 0 Å². The number of nitrogens with one attached hydrogen (secondary N) is 2. The monoisotopic (exact) mass is 272 g/mol. The number of aliphatic hydroxyl groups excluding tert-OH is 2. The predicted octanol–water partition coefficient (Wildman–Crippen LogP) is 0.855. The Morgan fingerprint density at radius 3 is 2.83 bits per heavy atom. The average Bonchev–Trinajstić information content (AvgIpc) is 2.37. The molecule has 0 saturated heterocycles. The van der Waals surface area contributed by atoms with Gasteiger partial charge in [-0.25, -0.2) is 0 Å². The molecule has 1 aromatic carbocycles. The number of benzene rings is 1. The fourth-order valence-corrected chi connectivity index (χ4v) is 1.57. The molecule has 1 amide bonds. The summed E-state index contributed by atoms with van der Waals surface area (Å²) in [5.41, 5.74) is 1.04. The minimum atomic E-state index is -0.839. The molecule has 0 aliphatic rings. The summed E-state index contributed by atoms with van der Waals surface area (Å²) in [6, 6.07) is 4.92. The summed E-state index contributed by atoms with van der Waals surface area (Å²) in [5, 5.41) is 23.9. The van der Waals surface area contributed by atoms with E-state index in [0.717, 1.165) is 0 Å². The van der Waals surface area contributed by atoms with Crippen LogP contribution in [0.3, 0.4) is 0 Å². The molecular weight excluding hydrogens is 256 g/mol. The van der Waals surface area contributed by atoms with E-state index in [4.69, 9.17) is 16.7 Å². The lowest BCUT2D eigenvalue weighted by Crippen LogP contribution is -2.24. The molecule has 0 bridgehead atoms. The van der Waals surface area contributed by atoms with Crippen molar-refractivity contribution < 1.29 is 15.0 Å². The molecule has 100 valence electrons. The molecule has 0 aliphatic carbocycles. The molecule has 0 aliphatic heterocycles. The molecule has 0 fully saturated rings. The second-order valence-electron chi connectivity index (χ2n) is 3.77. The first-order chi connectivity index (χ1) is 8.58. The van der Waals surface area contributed by atoms with Gasteiger partial charge in [0.15, 0.2) is 0 Å². The summed E-state index contributed by atoms with van der Waals surface area (Å²) in [5.74, 6) is -0.242. The molecule has 4 N–H and O–H groups in total. The molecule has 1 atom stereocenters. The maximum Gasteiger partial charge on any atom is 0.252 e. The van der Waals surface area contributed by atoms with Crippen LogP contribution in [0.5, 0.6) is 0 Å². The van der Waals surface area contributed by atoms with Crippen LogP contribution in [0, 0.1) is 0 Å². The van der Waals surface area contributed by atoms with Gasteiger partial charge < -0.3 is 20.8 Å². The highest BCUT2D eigenvalue weighted by molar-refractivity contribution is 6.34. The minimum absolute atomic E-state index is 0.201. The van der Waals surface area contributed by atoms with E-state index < -0.39 is 6.10 Å². The Morgan fingerprint density at radius 1 is 1.50 bits per heavy atom. The van der Waals surface area contributed by atoms with Crippen LogP contribution in [-0.2, 0) is 0 Å². The van der Waals surface area contributed by atoms with Gasteiger partial charge in [0.2, 0.25) is 0 Å². The number of carbonyl (C=O) groups is 1. The van der Waals surface area contributed by atoms with Crippen LogP contribution >= 0.6 is 11.6 Å². The van der Waals surface area contributed by atoms with Crippen LogP contribution in [0.1, 0.15) is 17.3 Å². The normalized spacial score (nSPS) is 12.0. The molecule has 0 heterocycles. The molecule has 6 heteroatoms. The summed E-state index contributed by atoms with van der Waals surface area (Å²) >= 11 is 5.94. The Balaban J connectivity index is 2.77. The maximum atomic E-state index is 11.7. The number of hydrogen-bond acceptors (Lipinski definition) is 4. The standard InChI is InChI=1S/C12H17ClN2O3/c1-2-14-12(18)10-5-8(3-4-11(10)13)15-6-9(17)7-16/h3-5,9,15-17H,2,6-7H2,1H3,(H,14,18). The Labute approximate surface area is 111 Å². The number of hydrogen-bond donors (Lipinski definition) is 4. The third-order valence-corrected chi connectivity index (χ3v) is 2.63. The van der Waals surface area contributed by atoms with Gasteiger partial charge >= 0.3 is 0 Å². The fraction of sp³-hybridized carbons (Fsp3) is 0.417. The number of carbonyl (C=O) groups excluding carboxylic acids is 1. The van der Waals surface area contributed by atoms with E-state index in [0.29, 0.717) is 22.8 Å². The average molecular weight is 273 g/mol. The van der Waals surface area contributed by atoms with E-state index in [2.05, 4.69) is 10.6 Å². The van der Waals surface area contributed by atoms with Crippen molar-refractivity contribution in [2.45, 2.75) is 13.0 Å². The van der Waals surface area contributed by atoms with Crippen molar-refractivity contribution in [1.82, 2.24) is 5.32 Å². The number of anilines is 1. The SMILES string of the molecule is CCNC(=O)c1cc(NCC(O)CO)ccc1Cl. The summed E-state index contributed by atoms with van der Waals surface area (Å²) in [4.78, 5) is 11.7. The van der Waals surface area contributed by atoms with E-state index in [-0.39, 0.29) is 19.1 Å². The molecule has 0 spiro atoms. The van der Waals surface area contributed by atoms with E-state index in [1.54, 1.807) is 18.2 Å². The summed E-state index contributed by atoms with van der Waals surface area (Å²) in [7, 11) is 0. The Bertz CT molecular complexity index is 412. The molecule has 0 saturated carbocycles. The van der Waals surface area contributed by atoms with Crippen LogP contribution < -0.4 is 10.6 Å². The first-order valence-corrected chi connectivity index (χ1v) is 6.06. The first-order valence-electron chi connectivity index (χ1n) is 5.69. The van der Waals surface area contributed by atoms with Crippen LogP contribution in [0.15, 0.2) is 18.2 Å². The lowest BCUT2D eigenvalue weighted by molar-refractivity contribution is 0.0956. The summed E-state index contributed by atoms with van der Waals surface area (Å²) < 4.78 is 0. The Morgan fingerprint density at radius 2 is 2.22 bits per heavy atom. The molecule has 18 heavy (non-hydrogen) atoms. The zero-order chi connectivity index (χ0) is 13.5. The largest absolute Gasteiger partial charge is 0.394 e. The molecule has 1 unspecified atom stereocenters. The van der Waals surface area contributed by atoms with Crippen molar-refractivity contribution in [1.29, 1.82) is 0 Å². The van der Waals surface area contributed by atoms with Crippen molar-refractivity contribution in [3.05, 3.63) is 28.8 Å². The molecule has 5 nitrogen and oxygen atoms in total. The number of rotatable bonds is 6. The third-order valence-electron chi connectivity index (χ3n) is 2.30. The van der Waals surface area contributed by atoms with Crippen LogP contribution in [-0.4, -0.2) is 41.9 Å². The second kappa shape index (κ2) is 7.20. The molecule has 0 radical (unpaired) electrons. The maximum absolute atomic E-state index is 11.7. The zero-order valence-electron chi connectivity index (χ0n) is 10.1. The molecule has 1 aromatic rings. The van der Waals surface area contributed by atoms with Crippen molar-refractivity contribution in [3.8, 4) is 0 Å². The van der Waals surface area contributed by atoms with E-state index in [1.807, 2.05) is 6.92 Å². The van der Waals surface area contributed by atoms with Crippen molar-refractivity contribution in [2.24, 2.45) is 0 Å². The van der Waals surface area contributed by atoms with Crippen molar-refractivity contribution in [3.63, 3.8) is 0 Å². The van der Waals surface area contributed by atoms with E-state index in [9.17, 15) is 9.90 Å². The number of amides is 1. The number of halogens is 1. The van der Waals surface area contributed by atoms with Crippen LogP contribution in [0.25, 0.3) is 0 Å². The Hall–Kier alpha value is -1.30. The highest BCUT2D eigenvalue weighted by Gasteiger charge is 2.10. The van der Waals surface area contributed by atoms with Gasteiger partial charge in [-0.05, 0) is 25.1 Å². The van der Waals surface area contributed by atoms with E-state index in [1.165, 1.54) is 0 Å². The topological polar surface area (TPSA) is 81.6 Å².